The number of primary amides is 1. The number of hydrogen-bond donors (Lipinski definition) is 3. The van der Waals surface area contributed by atoms with Crippen LogP contribution in [-0.4, -0.2) is 58.4 Å². The number of ether oxygens (including phenoxy) is 1. The van der Waals surface area contributed by atoms with Crippen LogP contribution in [-0.2, 0) is 20.7 Å². The first kappa shape index (κ1) is 26.7. The maximum absolute atomic E-state index is 12.0. The van der Waals surface area contributed by atoms with E-state index in [4.69, 9.17) is 20.4 Å². The van der Waals surface area contributed by atoms with Crippen LogP contribution in [0.4, 0.5) is 13.2 Å². The average molecular weight is 564 g/mol. The van der Waals surface area contributed by atoms with Crippen molar-refractivity contribution in [1.29, 1.82) is 0 Å². The van der Waals surface area contributed by atoms with Gasteiger partial charge in [-0.15, -0.1) is 0 Å². The summed E-state index contributed by atoms with van der Waals surface area (Å²) in [4.78, 5) is 29.4. The second-order valence-electron chi connectivity index (χ2n) is 6.88. The van der Waals surface area contributed by atoms with Gasteiger partial charge < -0.3 is 20.9 Å². The lowest BCUT2D eigenvalue weighted by Gasteiger charge is -2.29. The molecule has 2 rings (SSSR count). The quantitative estimate of drug-likeness (QED) is 0.465. The zero-order chi connectivity index (χ0) is 22.9. The molecule has 0 bridgehead atoms. The van der Waals surface area contributed by atoms with Crippen molar-refractivity contribution in [2.45, 2.75) is 44.3 Å². The van der Waals surface area contributed by atoms with E-state index in [-0.39, 0.29) is 5.91 Å². The molecule has 0 saturated carbocycles. The van der Waals surface area contributed by atoms with Crippen LogP contribution in [0.3, 0.4) is 0 Å². The molecule has 1 atom stereocenters. The third-order valence-electron chi connectivity index (χ3n) is 4.49. The van der Waals surface area contributed by atoms with Gasteiger partial charge in [-0.05, 0) is 70.5 Å². The molecule has 2 heterocycles. The van der Waals surface area contributed by atoms with Crippen molar-refractivity contribution >= 4 is 43.7 Å². The molecule has 1 aromatic rings. The molecule has 0 aliphatic carbocycles. The molecule has 0 spiro atoms. The van der Waals surface area contributed by atoms with Crippen molar-refractivity contribution in [3.8, 4) is 0 Å². The molecule has 1 saturated heterocycles. The fourth-order valence-electron chi connectivity index (χ4n) is 2.65. The van der Waals surface area contributed by atoms with Gasteiger partial charge in [0.2, 0.25) is 5.91 Å². The summed E-state index contributed by atoms with van der Waals surface area (Å²) in [6.45, 7) is 4.22. The molecule has 1 amide bonds. The number of nitrogens with zero attached hydrogens (tertiary/aromatic N) is 2. The zero-order valence-corrected chi connectivity index (χ0v) is 19.3. The van der Waals surface area contributed by atoms with E-state index in [1.54, 1.807) is 6.20 Å². The van der Waals surface area contributed by atoms with E-state index in [0.29, 0.717) is 27.2 Å². The molecule has 30 heavy (non-hydrogen) atoms. The van der Waals surface area contributed by atoms with E-state index < -0.39 is 17.7 Å². The summed E-state index contributed by atoms with van der Waals surface area (Å²) in [7, 11) is 0. The molecule has 1 aromatic heterocycles. The van der Waals surface area contributed by atoms with Gasteiger partial charge in [-0.1, -0.05) is 0 Å². The van der Waals surface area contributed by atoms with Crippen LogP contribution in [0.5, 0.6) is 0 Å². The number of carboxylic acid groups (broad SMARTS) is 1. The monoisotopic (exact) mass is 562 g/mol. The van der Waals surface area contributed by atoms with Crippen molar-refractivity contribution < 1.29 is 32.6 Å². The minimum absolute atomic E-state index is 0.386. The van der Waals surface area contributed by atoms with Crippen molar-refractivity contribution in [2.24, 2.45) is 11.7 Å². The average Bonchev–Trinajstić information content (AvgIpc) is 2.64. The topological polar surface area (TPSA) is 127 Å². The number of rotatable bonds is 7. The predicted molar refractivity (Wildman–Crippen MR) is 109 cm³/mol. The molecule has 8 nitrogen and oxygen atoms in total. The normalized spacial score (nSPS) is 16.9. The molecule has 1 aliphatic heterocycles. The van der Waals surface area contributed by atoms with Crippen LogP contribution in [0.1, 0.15) is 31.9 Å². The lowest BCUT2D eigenvalue weighted by Crippen LogP contribution is -2.55. The first-order chi connectivity index (χ1) is 13.8. The SMILES string of the molecule is CC(Cc1ncc(Br)nc1Br)(NCCC1CCOCC1)C(N)=O.O=C(O)C(F)(F)F. The Labute approximate surface area is 188 Å². The minimum atomic E-state index is -5.08. The second kappa shape index (κ2) is 11.9. The van der Waals surface area contributed by atoms with Crippen LogP contribution in [0.25, 0.3) is 0 Å². The summed E-state index contributed by atoms with van der Waals surface area (Å²) in [5, 5.41) is 10.4. The highest BCUT2D eigenvalue weighted by molar-refractivity contribution is 9.11. The van der Waals surface area contributed by atoms with Crippen molar-refractivity contribution in [3.05, 3.63) is 21.1 Å². The Morgan fingerprint density at radius 2 is 1.90 bits per heavy atom. The Morgan fingerprint density at radius 3 is 2.37 bits per heavy atom. The molecule has 1 fully saturated rings. The lowest BCUT2D eigenvalue weighted by atomic mass is 9.92. The van der Waals surface area contributed by atoms with Crippen molar-refractivity contribution in [1.82, 2.24) is 15.3 Å². The standard InChI is InChI=1S/C15H22Br2N4O2.C2HF3O2/c1-15(14(18)22,8-11-13(17)21-12(16)9-19-11)20-5-2-10-3-6-23-7-4-10;3-2(4,5)1(6)7/h9-10,20H,2-8H2,1H3,(H2,18,22);(H,6,7). The molecule has 13 heteroatoms. The highest BCUT2D eigenvalue weighted by Crippen LogP contribution is 2.22. The highest BCUT2D eigenvalue weighted by Gasteiger charge is 2.38. The Hall–Kier alpha value is -1.31. The Balaban J connectivity index is 0.000000553. The Kier molecular flexibility index (Phi) is 10.6. The van der Waals surface area contributed by atoms with Gasteiger partial charge >= 0.3 is 12.1 Å². The number of carbonyl (C=O) groups is 2. The molecule has 4 N–H and O–H groups in total. The fourth-order valence-corrected chi connectivity index (χ4v) is 3.60. The third-order valence-corrected chi connectivity index (χ3v) is 5.50. The summed E-state index contributed by atoms with van der Waals surface area (Å²) >= 11 is 6.65. The summed E-state index contributed by atoms with van der Waals surface area (Å²) in [6.07, 6.45) is 0.0946. The van der Waals surface area contributed by atoms with Gasteiger partial charge in [-0.3, -0.25) is 9.78 Å². The van der Waals surface area contributed by atoms with E-state index >= 15 is 0 Å². The van der Waals surface area contributed by atoms with Gasteiger partial charge in [0.15, 0.2) is 0 Å². The molecule has 0 radical (unpaired) electrons. The predicted octanol–water partition coefficient (Wildman–Crippen LogP) is 2.83. The number of alkyl halides is 3. The number of aliphatic carboxylic acids is 1. The first-order valence-electron chi connectivity index (χ1n) is 8.95. The van der Waals surface area contributed by atoms with Gasteiger partial charge in [-0.25, -0.2) is 9.78 Å². The van der Waals surface area contributed by atoms with Crippen LogP contribution < -0.4 is 11.1 Å². The highest BCUT2D eigenvalue weighted by atomic mass is 79.9. The fraction of sp³-hybridized carbons (Fsp3) is 0.647. The van der Waals surface area contributed by atoms with Gasteiger partial charge in [0.05, 0.1) is 11.9 Å². The van der Waals surface area contributed by atoms with Gasteiger partial charge in [0, 0.05) is 19.6 Å². The van der Waals surface area contributed by atoms with Crippen LogP contribution in [0.2, 0.25) is 0 Å². The zero-order valence-electron chi connectivity index (χ0n) is 16.1. The molecular weight excluding hydrogens is 541 g/mol. The third kappa shape index (κ3) is 9.23. The largest absolute Gasteiger partial charge is 0.490 e. The molecule has 1 unspecified atom stereocenters. The minimum Gasteiger partial charge on any atom is -0.475 e. The van der Waals surface area contributed by atoms with Crippen molar-refractivity contribution in [3.63, 3.8) is 0 Å². The molecular formula is C17H23Br2F3N4O4. The van der Waals surface area contributed by atoms with E-state index in [9.17, 15) is 18.0 Å². The van der Waals surface area contributed by atoms with Crippen molar-refractivity contribution in [2.75, 3.05) is 19.8 Å². The van der Waals surface area contributed by atoms with Gasteiger partial charge in [0.1, 0.15) is 14.7 Å². The molecule has 170 valence electrons. The maximum atomic E-state index is 12.0. The number of hydrogen-bond acceptors (Lipinski definition) is 6. The van der Waals surface area contributed by atoms with Crippen LogP contribution in [0.15, 0.2) is 15.4 Å². The smallest absolute Gasteiger partial charge is 0.475 e. The number of halogens is 5. The summed E-state index contributed by atoms with van der Waals surface area (Å²) in [5.74, 6) is -2.50. The summed E-state index contributed by atoms with van der Waals surface area (Å²) in [5.41, 5.74) is 5.47. The van der Waals surface area contributed by atoms with E-state index in [1.807, 2.05) is 6.92 Å². The van der Waals surface area contributed by atoms with E-state index in [2.05, 4.69) is 47.1 Å². The number of amides is 1. The van der Waals surface area contributed by atoms with Gasteiger partial charge in [-0.2, -0.15) is 13.2 Å². The molecule has 0 aromatic carbocycles. The van der Waals surface area contributed by atoms with Gasteiger partial charge in [0.25, 0.3) is 0 Å². The summed E-state index contributed by atoms with van der Waals surface area (Å²) < 4.78 is 38.4. The maximum Gasteiger partial charge on any atom is 0.490 e. The summed E-state index contributed by atoms with van der Waals surface area (Å²) in [6, 6.07) is 0. The number of aromatic nitrogens is 2. The lowest BCUT2D eigenvalue weighted by molar-refractivity contribution is -0.192. The Bertz CT molecular complexity index is 733. The van der Waals surface area contributed by atoms with E-state index in [1.165, 1.54) is 0 Å². The Morgan fingerprint density at radius 1 is 1.33 bits per heavy atom. The number of carbonyl (C=O) groups excluding carboxylic acids is 1. The number of nitrogens with two attached hydrogens (primary N) is 1. The number of carboxylic acids is 1. The van der Waals surface area contributed by atoms with Crippen LogP contribution >= 0.6 is 31.9 Å². The molecule has 1 aliphatic rings. The number of nitrogens with one attached hydrogen (secondary N) is 1. The second-order valence-corrected chi connectivity index (χ2v) is 8.44. The van der Waals surface area contributed by atoms with Crippen LogP contribution in [0, 0.1) is 5.92 Å². The first-order valence-corrected chi connectivity index (χ1v) is 10.5. The van der Waals surface area contributed by atoms with E-state index in [0.717, 1.165) is 39.0 Å².